The average molecular weight is 956 g/mol. The van der Waals surface area contributed by atoms with E-state index in [2.05, 4.69) is 104 Å². The molecule has 1 amide bonds. The summed E-state index contributed by atoms with van der Waals surface area (Å²) in [6.45, 7) is 4.67. The number of phosphoric ester groups is 1. The van der Waals surface area contributed by atoms with Crippen molar-refractivity contribution in [2.45, 2.75) is 225 Å². The lowest BCUT2D eigenvalue weighted by Crippen LogP contribution is -2.45. The lowest BCUT2D eigenvalue weighted by atomic mass is 10.0. The van der Waals surface area contributed by atoms with Gasteiger partial charge in [-0.3, -0.25) is 13.8 Å². The molecule has 0 rings (SSSR count). The average Bonchev–Trinajstić information content (AvgIpc) is 3.29. The van der Waals surface area contributed by atoms with Gasteiger partial charge in [-0.2, -0.15) is 0 Å². The lowest BCUT2D eigenvalue weighted by Gasteiger charge is -2.25. The smallest absolute Gasteiger partial charge is 0.387 e. The first-order chi connectivity index (χ1) is 32.5. The molecule has 67 heavy (non-hydrogen) atoms. The minimum absolute atomic E-state index is 0.0495. The van der Waals surface area contributed by atoms with Crippen molar-refractivity contribution in [3.8, 4) is 0 Å². The number of carbonyl (C=O) groups is 1. The molecule has 0 fully saturated rings. The summed E-state index contributed by atoms with van der Waals surface area (Å²) in [5, 5.41) is 13.9. The van der Waals surface area contributed by atoms with Crippen LogP contribution >= 0.6 is 7.82 Å². The zero-order valence-electron chi connectivity index (χ0n) is 43.9. The largest absolute Gasteiger partial charge is 0.472 e. The first-order valence-corrected chi connectivity index (χ1v) is 28.6. The van der Waals surface area contributed by atoms with Crippen molar-refractivity contribution in [1.29, 1.82) is 0 Å². The van der Waals surface area contributed by atoms with Crippen LogP contribution in [0.2, 0.25) is 0 Å². The summed E-state index contributed by atoms with van der Waals surface area (Å²) < 4.78 is 23.7. The topological polar surface area (TPSA) is 105 Å². The van der Waals surface area contributed by atoms with Gasteiger partial charge in [0.05, 0.1) is 39.9 Å². The van der Waals surface area contributed by atoms with Crippen molar-refractivity contribution in [2.24, 2.45) is 0 Å². The number of aliphatic hydroxyl groups is 1. The molecule has 0 saturated carbocycles. The van der Waals surface area contributed by atoms with E-state index in [0.29, 0.717) is 17.4 Å². The minimum atomic E-state index is -4.36. The number of phosphoric acid groups is 1. The van der Waals surface area contributed by atoms with Crippen LogP contribution in [0.25, 0.3) is 0 Å². The molecule has 0 heterocycles. The van der Waals surface area contributed by atoms with E-state index in [1.807, 2.05) is 27.2 Å². The van der Waals surface area contributed by atoms with Gasteiger partial charge in [0, 0.05) is 6.42 Å². The molecule has 0 aromatic rings. The Balaban J connectivity index is 4.39. The van der Waals surface area contributed by atoms with Crippen LogP contribution in [0.4, 0.5) is 0 Å². The Morgan fingerprint density at radius 2 is 0.896 bits per heavy atom. The van der Waals surface area contributed by atoms with Crippen LogP contribution in [-0.2, 0) is 18.4 Å². The van der Waals surface area contributed by atoms with Gasteiger partial charge in [-0.05, 0) is 77.0 Å². The quantitative estimate of drug-likeness (QED) is 0.0243. The Bertz CT molecular complexity index is 1410. The van der Waals surface area contributed by atoms with E-state index < -0.39 is 20.0 Å². The normalized spacial score (nSPS) is 14.8. The standard InChI is InChI=1S/C58H103N2O6P/c1-6-8-10-12-14-16-18-20-22-24-26-28-29-30-31-32-34-36-38-40-42-44-46-48-50-52-58(62)59-56(55-66-67(63,64)65-54-53-60(3,4)5)57(61)51-49-47-45-43-41-39-37-35-33-27-25-23-21-19-17-15-13-11-9-7-2/h8,10,14,16,20,22,26,28,30-31,34,36,40,42,49,51,56-57,61H,6-7,9,11-13,15,17-19,21,23-25,27,29,32-33,35,37-39,41,43-48,50,52-55H2,1-5H3,(H-,59,62,63,64)/p+1/b10-8-,16-14-,22-20-,28-26-,31-30-,36-34-,42-40-,51-49+. The van der Waals surface area contributed by atoms with Crippen molar-refractivity contribution in [2.75, 3.05) is 40.9 Å². The Morgan fingerprint density at radius 1 is 0.522 bits per heavy atom. The number of amides is 1. The molecule has 386 valence electrons. The van der Waals surface area contributed by atoms with Gasteiger partial charge < -0.3 is 19.8 Å². The summed E-state index contributed by atoms with van der Waals surface area (Å²) in [4.78, 5) is 23.3. The number of quaternary nitrogens is 1. The minimum Gasteiger partial charge on any atom is -0.387 e. The zero-order chi connectivity index (χ0) is 49.2. The zero-order valence-corrected chi connectivity index (χ0v) is 44.8. The monoisotopic (exact) mass is 956 g/mol. The van der Waals surface area contributed by atoms with E-state index in [9.17, 15) is 19.4 Å². The van der Waals surface area contributed by atoms with Gasteiger partial charge in [0.2, 0.25) is 5.91 Å². The highest BCUT2D eigenvalue weighted by molar-refractivity contribution is 7.47. The number of carbonyl (C=O) groups excluding carboxylic acids is 1. The predicted molar refractivity (Wildman–Crippen MR) is 290 cm³/mol. The van der Waals surface area contributed by atoms with Gasteiger partial charge >= 0.3 is 7.82 Å². The Morgan fingerprint density at radius 3 is 1.31 bits per heavy atom. The van der Waals surface area contributed by atoms with Crippen LogP contribution in [-0.4, -0.2) is 73.4 Å². The number of allylic oxidation sites excluding steroid dienone is 15. The van der Waals surface area contributed by atoms with Gasteiger partial charge in [-0.15, -0.1) is 0 Å². The number of hydrogen-bond acceptors (Lipinski definition) is 5. The summed E-state index contributed by atoms with van der Waals surface area (Å²) >= 11 is 0. The fraction of sp³-hybridized carbons (Fsp3) is 0.707. The molecular formula is C58H104N2O6P+. The van der Waals surface area contributed by atoms with E-state index >= 15 is 0 Å². The van der Waals surface area contributed by atoms with E-state index in [1.165, 1.54) is 103 Å². The number of rotatable bonds is 48. The van der Waals surface area contributed by atoms with Gasteiger partial charge in [0.15, 0.2) is 0 Å². The van der Waals surface area contributed by atoms with Crippen molar-refractivity contribution >= 4 is 13.7 Å². The third-order valence-corrected chi connectivity index (χ3v) is 12.5. The summed E-state index contributed by atoms with van der Waals surface area (Å²) in [6.07, 6.45) is 69.2. The maximum atomic E-state index is 13.0. The Kier molecular flexibility index (Phi) is 46.6. The number of unbranched alkanes of at least 4 members (excludes halogenated alkanes) is 21. The fourth-order valence-corrected chi connectivity index (χ4v) is 8.05. The Hall–Kier alpha value is -2.58. The highest BCUT2D eigenvalue weighted by Crippen LogP contribution is 2.43. The third kappa shape index (κ3) is 51.1. The molecule has 3 N–H and O–H groups in total. The molecule has 3 atom stereocenters. The van der Waals surface area contributed by atoms with E-state index in [4.69, 9.17) is 9.05 Å². The molecule has 0 aliphatic rings. The van der Waals surface area contributed by atoms with Crippen LogP contribution < -0.4 is 5.32 Å². The van der Waals surface area contributed by atoms with Crippen LogP contribution in [0.3, 0.4) is 0 Å². The van der Waals surface area contributed by atoms with Crippen molar-refractivity contribution in [1.82, 2.24) is 5.32 Å². The molecule has 0 saturated heterocycles. The number of nitrogens with zero attached hydrogens (tertiary/aromatic N) is 1. The second-order valence-electron chi connectivity index (χ2n) is 19.2. The molecule has 0 aromatic heterocycles. The summed E-state index contributed by atoms with van der Waals surface area (Å²) in [5.41, 5.74) is 0. The molecular weight excluding hydrogens is 852 g/mol. The first kappa shape index (κ1) is 64.4. The summed E-state index contributed by atoms with van der Waals surface area (Å²) in [7, 11) is 1.54. The molecule has 0 aliphatic carbocycles. The molecule has 9 heteroatoms. The lowest BCUT2D eigenvalue weighted by molar-refractivity contribution is -0.870. The number of likely N-dealkylation sites (N-methyl/N-ethyl adjacent to an activating group) is 1. The fourth-order valence-electron chi connectivity index (χ4n) is 7.32. The molecule has 8 nitrogen and oxygen atoms in total. The maximum absolute atomic E-state index is 13.0. The van der Waals surface area contributed by atoms with Gasteiger partial charge in [-0.1, -0.05) is 227 Å². The maximum Gasteiger partial charge on any atom is 0.472 e. The summed E-state index contributed by atoms with van der Waals surface area (Å²) in [6, 6.07) is -0.872. The second-order valence-corrected chi connectivity index (χ2v) is 20.7. The molecule has 0 aliphatic heterocycles. The van der Waals surface area contributed by atoms with Gasteiger partial charge in [0.25, 0.3) is 0 Å². The highest BCUT2D eigenvalue weighted by Gasteiger charge is 2.27. The second kappa shape index (κ2) is 48.4. The SMILES string of the molecule is CC/C=C\C/C=C\C/C=C\C/C=C\C/C=C\C/C=C\C/C=C\CCCCCC(=O)NC(COP(=O)(O)OCC[N+](C)(C)C)C(O)/C=C/CCCCCCCCCCCCCCCCCCCC. The predicted octanol–water partition coefficient (Wildman–Crippen LogP) is 16.3. The summed E-state index contributed by atoms with van der Waals surface area (Å²) in [5.74, 6) is -0.212. The van der Waals surface area contributed by atoms with Crippen LogP contribution in [0, 0.1) is 0 Å². The molecule has 0 spiro atoms. The van der Waals surface area contributed by atoms with Gasteiger partial charge in [0.1, 0.15) is 13.2 Å². The van der Waals surface area contributed by atoms with Crippen molar-refractivity contribution in [3.05, 3.63) is 97.2 Å². The van der Waals surface area contributed by atoms with E-state index in [-0.39, 0.29) is 19.1 Å². The highest BCUT2D eigenvalue weighted by atomic mass is 31.2. The van der Waals surface area contributed by atoms with Crippen LogP contribution in [0.1, 0.15) is 213 Å². The molecule has 3 unspecified atom stereocenters. The molecule has 0 bridgehead atoms. The van der Waals surface area contributed by atoms with Crippen LogP contribution in [0.5, 0.6) is 0 Å². The van der Waals surface area contributed by atoms with Crippen LogP contribution in [0.15, 0.2) is 97.2 Å². The number of nitrogens with one attached hydrogen (secondary N) is 1. The van der Waals surface area contributed by atoms with E-state index in [1.54, 1.807) is 6.08 Å². The molecule has 0 radical (unpaired) electrons. The molecule has 0 aromatic carbocycles. The van der Waals surface area contributed by atoms with Crippen molar-refractivity contribution < 1.29 is 32.9 Å². The van der Waals surface area contributed by atoms with Crippen molar-refractivity contribution in [3.63, 3.8) is 0 Å². The third-order valence-electron chi connectivity index (χ3n) is 11.6. The number of hydrogen-bond donors (Lipinski definition) is 3. The Labute approximate surface area is 413 Å². The number of aliphatic hydroxyl groups excluding tert-OH is 1. The first-order valence-electron chi connectivity index (χ1n) is 27.1. The van der Waals surface area contributed by atoms with E-state index in [0.717, 1.165) is 89.9 Å². The van der Waals surface area contributed by atoms with Gasteiger partial charge in [-0.25, -0.2) is 4.57 Å².